The lowest BCUT2D eigenvalue weighted by molar-refractivity contribution is 0.141. The molecule has 0 bridgehead atoms. The molecule has 0 aromatic carbocycles. The zero-order valence-corrected chi connectivity index (χ0v) is 10.4. The standard InChI is InChI=1S/C6H12N2O2.C4H9Cl/c7-4-5-2-1-3-8(5)6(9)10;1-4(2,3)5/h5H,1-4,7H2,(H,9,10);1-3H3/t5-;/m0./s1. The molecule has 0 spiro atoms. The van der Waals surface area contributed by atoms with Crippen molar-refractivity contribution >= 4 is 17.7 Å². The molecule has 0 unspecified atom stereocenters. The summed E-state index contributed by atoms with van der Waals surface area (Å²) in [6.07, 6.45) is 1.03. The number of carbonyl (C=O) groups is 1. The van der Waals surface area contributed by atoms with E-state index in [1.807, 2.05) is 20.8 Å². The van der Waals surface area contributed by atoms with E-state index in [1.54, 1.807) is 0 Å². The average Bonchev–Trinajstić information content (AvgIpc) is 2.47. The molecule has 1 fully saturated rings. The highest BCUT2D eigenvalue weighted by Crippen LogP contribution is 2.15. The molecule has 90 valence electrons. The van der Waals surface area contributed by atoms with Gasteiger partial charge in [0.25, 0.3) is 0 Å². The Bertz CT molecular complexity index is 198. The molecule has 5 heteroatoms. The molecule has 0 radical (unpaired) electrons. The van der Waals surface area contributed by atoms with Crippen LogP contribution in [0.4, 0.5) is 4.79 Å². The number of carboxylic acid groups (broad SMARTS) is 1. The predicted molar refractivity (Wildman–Crippen MR) is 62.4 cm³/mol. The lowest BCUT2D eigenvalue weighted by atomic mass is 10.2. The van der Waals surface area contributed by atoms with E-state index >= 15 is 0 Å². The Morgan fingerprint density at radius 1 is 1.60 bits per heavy atom. The molecule has 4 nitrogen and oxygen atoms in total. The number of alkyl halides is 1. The van der Waals surface area contributed by atoms with Gasteiger partial charge in [-0.05, 0) is 33.6 Å². The second-order valence-corrected chi connectivity index (χ2v) is 5.71. The van der Waals surface area contributed by atoms with Gasteiger partial charge in [0, 0.05) is 24.0 Å². The van der Waals surface area contributed by atoms with Crippen LogP contribution >= 0.6 is 11.6 Å². The van der Waals surface area contributed by atoms with Gasteiger partial charge in [-0.25, -0.2) is 4.79 Å². The van der Waals surface area contributed by atoms with Crippen molar-refractivity contribution in [3.8, 4) is 0 Å². The van der Waals surface area contributed by atoms with E-state index in [0.717, 1.165) is 12.8 Å². The summed E-state index contributed by atoms with van der Waals surface area (Å²) in [6, 6.07) is 0.0671. The summed E-state index contributed by atoms with van der Waals surface area (Å²) in [4.78, 5) is 11.8. The molecule has 1 heterocycles. The molecule has 1 rings (SSSR count). The number of amides is 1. The van der Waals surface area contributed by atoms with Crippen LogP contribution in [0.25, 0.3) is 0 Å². The highest BCUT2D eigenvalue weighted by molar-refractivity contribution is 6.23. The maximum Gasteiger partial charge on any atom is 0.407 e. The van der Waals surface area contributed by atoms with Crippen molar-refractivity contribution in [3.05, 3.63) is 0 Å². The third kappa shape index (κ3) is 7.45. The van der Waals surface area contributed by atoms with Gasteiger partial charge in [-0.2, -0.15) is 0 Å². The molecule has 3 N–H and O–H groups in total. The average molecular weight is 237 g/mol. The Hall–Kier alpha value is -0.480. The van der Waals surface area contributed by atoms with Crippen molar-refractivity contribution in [1.82, 2.24) is 4.90 Å². The van der Waals surface area contributed by atoms with Crippen LogP contribution < -0.4 is 5.73 Å². The third-order valence-corrected chi connectivity index (χ3v) is 1.89. The van der Waals surface area contributed by atoms with Crippen LogP contribution in [0.5, 0.6) is 0 Å². The zero-order valence-electron chi connectivity index (χ0n) is 9.66. The molecule has 1 atom stereocenters. The van der Waals surface area contributed by atoms with Gasteiger partial charge >= 0.3 is 6.09 Å². The van der Waals surface area contributed by atoms with E-state index in [4.69, 9.17) is 22.4 Å². The molecule has 15 heavy (non-hydrogen) atoms. The summed E-state index contributed by atoms with van der Waals surface area (Å²) >= 11 is 5.53. The van der Waals surface area contributed by atoms with Gasteiger partial charge in [0.2, 0.25) is 0 Å². The fourth-order valence-corrected chi connectivity index (χ4v) is 1.33. The highest BCUT2D eigenvalue weighted by Gasteiger charge is 2.26. The smallest absolute Gasteiger partial charge is 0.407 e. The Morgan fingerprint density at radius 2 is 2.07 bits per heavy atom. The number of nitrogens with two attached hydrogens (primary N) is 1. The quantitative estimate of drug-likeness (QED) is 0.686. The normalized spacial score (nSPS) is 20.9. The van der Waals surface area contributed by atoms with Crippen molar-refractivity contribution in [2.24, 2.45) is 5.73 Å². The van der Waals surface area contributed by atoms with E-state index in [-0.39, 0.29) is 10.9 Å². The van der Waals surface area contributed by atoms with Crippen molar-refractivity contribution in [1.29, 1.82) is 0 Å². The van der Waals surface area contributed by atoms with E-state index in [1.165, 1.54) is 4.90 Å². The van der Waals surface area contributed by atoms with Crippen molar-refractivity contribution in [3.63, 3.8) is 0 Å². The van der Waals surface area contributed by atoms with E-state index in [2.05, 4.69) is 0 Å². The maximum atomic E-state index is 10.4. The number of likely N-dealkylation sites (tertiary alicyclic amines) is 1. The Balaban J connectivity index is 0.000000336. The van der Waals surface area contributed by atoms with Crippen molar-refractivity contribution < 1.29 is 9.90 Å². The van der Waals surface area contributed by atoms with Crippen LogP contribution in [0.1, 0.15) is 33.6 Å². The molecule has 0 aliphatic carbocycles. The van der Waals surface area contributed by atoms with Crippen LogP contribution in [-0.4, -0.2) is 40.1 Å². The predicted octanol–water partition coefficient (Wildman–Crippen LogP) is 2.11. The number of rotatable bonds is 1. The van der Waals surface area contributed by atoms with Gasteiger partial charge in [-0.3, -0.25) is 0 Å². The van der Waals surface area contributed by atoms with Gasteiger partial charge < -0.3 is 15.7 Å². The van der Waals surface area contributed by atoms with E-state index in [0.29, 0.717) is 13.1 Å². The van der Waals surface area contributed by atoms with Crippen molar-refractivity contribution in [2.75, 3.05) is 13.1 Å². The van der Waals surface area contributed by atoms with Crippen LogP contribution in [0.15, 0.2) is 0 Å². The minimum Gasteiger partial charge on any atom is -0.465 e. The lowest BCUT2D eigenvalue weighted by Gasteiger charge is -2.18. The molecule has 1 aliphatic rings. The SMILES string of the molecule is CC(C)(C)Cl.NC[C@@H]1CCCN1C(=O)O. The van der Waals surface area contributed by atoms with Crippen LogP contribution in [0.2, 0.25) is 0 Å². The highest BCUT2D eigenvalue weighted by atomic mass is 35.5. The number of hydrogen-bond donors (Lipinski definition) is 2. The first-order chi connectivity index (χ1) is 6.75. The fourth-order valence-electron chi connectivity index (χ4n) is 1.33. The summed E-state index contributed by atoms with van der Waals surface area (Å²) < 4.78 is 0. The van der Waals surface area contributed by atoms with Gasteiger partial charge in [0.1, 0.15) is 0 Å². The summed E-state index contributed by atoms with van der Waals surface area (Å²) in [6.45, 7) is 6.96. The number of nitrogens with zero attached hydrogens (tertiary/aromatic N) is 1. The number of halogens is 1. The Kier molecular flexibility index (Phi) is 5.98. The van der Waals surface area contributed by atoms with Crippen LogP contribution in [0, 0.1) is 0 Å². The van der Waals surface area contributed by atoms with E-state index in [9.17, 15) is 4.79 Å². The van der Waals surface area contributed by atoms with E-state index < -0.39 is 6.09 Å². The second-order valence-electron chi connectivity index (χ2n) is 4.57. The summed E-state index contributed by atoms with van der Waals surface area (Å²) in [5.41, 5.74) is 5.36. The van der Waals surface area contributed by atoms with Gasteiger partial charge in [-0.1, -0.05) is 0 Å². The monoisotopic (exact) mass is 236 g/mol. The Labute approximate surface area is 96.4 Å². The lowest BCUT2D eigenvalue weighted by Crippen LogP contribution is -2.38. The minimum absolute atomic E-state index is 0.0278. The molecule has 0 aromatic heterocycles. The summed E-state index contributed by atoms with van der Waals surface area (Å²) in [5, 5.41) is 8.59. The van der Waals surface area contributed by atoms with Gasteiger partial charge in [-0.15, -0.1) is 11.6 Å². The first-order valence-electron chi connectivity index (χ1n) is 5.14. The summed E-state index contributed by atoms with van der Waals surface area (Å²) in [5.74, 6) is 0. The molecular formula is C10H21ClN2O2. The first kappa shape index (κ1) is 14.5. The summed E-state index contributed by atoms with van der Waals surface area (Å²) in [7, 11) is 0. The maximum absolute atomic E-state index is 10.4. The second kappa shape index (κ2) is 6.18. The van der Waals surface area contributed by atoms with Crippen LogP contribution in [-0.2, 0) is 0 Å². The molecular weight excluding hydrogens is 216 g/mol. The van der Waals surface area contributed by atoms with Gasteiger partial charge in [0.15, 0.2) is 0 Å². The number of hydrogen-bond acceptors (Lipinski definition) is 2. The molecule has 1 aliphatic heterocycles. The zero-order chi connectivity index (χ0) is 12.1. The van der Waals surface area contributed by atoms with Gasteiger partial charge in [0.05, 0.1) is 0 Å². The van der Waals surface area contributed by atoms with Crippen molar-refractivity contribution in [2.45, 2.75) is 44.5 Å². The molecule has 0 aromatic rings. The van der Waals surface area contributed by atoms with Crippen LogP contribution in [0.3, 0.4) is 0 Å². The minimum atomic E-state index is -0.840. The largest absolute Gasteiger partial charge is 0.465 e. The third-order valence-electron chi connectivity index (χ3n) is 1.89. The fraction of sp³-hybridized carbons (Fsp3) is 0.900. The topological polar surface area (TPSA) is 66.6 Å². The molecule has 1 amide bonds. The first-order valence-corrected chi connectivity index (χ1v) is 5.52. The Morgan fingerprint density at radius 3 is 2.33 bits per heavy atom. The molecule has 1 saturated heterocycles. The molecule has 0 saturated carbocycles.